The molecule has 0 aromatic heterocycles. The number of sulfonamides is 1. The Kier molecular flexibility index (Phi) is 4.47. The van der Waals surface area contributed by atoms with E-state index in [-0.39, 0.29) is 23.1 Å². The van der Waals surface area contributed by atoms with Gasteiger partial charge in [0.05, 0.1) is 9.82 Å². The molecule has 25 heavy (non-hydrogen) atoms. The molecule has 0 spiro atoms. The van der Waals surface area contributed by atoms with Gasteiger partial charge in [0.25, 0.3) is 5.69 Å². The van der Waals surface area contributed by atoms with Crippen molar-refractivity contribution in [1.82, 2.24) is 4.72 Å². The number of hydrogen-bond acceptors (Lipinski definition) is 7. The highest BCUT2D eigenvalue weighted by molar-refractivity contribution is 7.89. The minimum atomic E-state index is -3.76. The van der Waals surface area contributed by atoms with E-state index in [2.05, 4.69) is 10.0 Å². The summed E-state index contributed by atoms with van der Waals surface area (Å²) in [6, 6.07) is 9.05. The Morgan fingerprint density at radius 1 is 1.16 bits per heavy atom. The molecule has 3 rings (SSSR count). The van der Waals surface area contributed by atoms with E-state index in [1.54, 1.807) is 12.1 Å². The van der Waals surface area contributed by atoms with E-state index in [9.17, 15) is 18.5 Å². The van der Waals surface area contributed by atoms with Crippen molar-refractivity contribution in [2.24, 2.45) is 0 Å². The molecule has 0 radical (unpaired) electrons. The number of nitro benzene ring substituents is 1. The van der Waals surface area contributed by atoms with Gasteiger partial charge >= 0.3 is 0 Å². The zero-order chi connectivity index (χ0) is 18.0. The molecule has 0 atom stereocenters. The molecule has 1 aliphatic rings. The third kappa shape index (κ3) is 3.49. The molecule has 132 valence electrons. The van der Waals surface area contributed by atoms with Crippen molar-refractivity contribution in [2.75, 3.05) is 19.2 Å². The van der Waals surface area contributed by atoms with Gasteiger partial charge in [-0.3, -0.25) is 10.1 Å². The molecule has 0 fully saturated rings. The lowest BCUT2D eigenvalue weighted by atomic mass is 10.2. The zero-order valence-electron chi connectivity index (χ0n) is 13.2. The Labute approximate surface area is 143 Å². The van der Waals surface area contributed by atoms with Gasteiger partial charge in [-0.05, 0) is 36.9 Å². The van der Waals surface area contributed by atoms with Gasteiger partial charge in [-0.1, -0.05) is 6.07 Å². The van der Waals surface area contributed by atoms with E-state index in [1.165, 1.54) is 19.2 Å². The molecule has 0 saturated heterocycles. The van der Waals surface area contributed by atoms with Crippen LogP contribution in [0.25, 0.3) is 0 Å². The minimum absolute atomic E-state index is 0.166. The standard InChI is InChI=1S/C15H15N3O6S/c1-16-25(21,22)11-3-4-12(13(7-11)18(19)20)17-8-10-2-5-14-15(6-10)24-9-23-14/h2-7,16-17H,8-9H2,1H3. The Hall–Kier alpha value is -2.85. The molecule has 2 aromatic rings. The molecule has 10 heteroatoms. The average Bonchev–Trinajstić information content (AvgIpc) is 3.07. The number of nitro groups is 1. The van der Waals surface area contributed by atoms with Crippen LogP contribution in [0, 0.1) is 10.1 Å². The van der Waals surface area contributed by atoms with Crippen LogP contribution >= 0.6 is 0 Å². The van der Waals surface area contributed by atoms with Crippen molar-refractivity contribution in [2.45, 2.75) is 11.4 Å². The maximum atomic E-state index is 11.8. The molecule has 1 heterocycles. The number of nitrogens with zero attached hydrogens (tertiary/aromatic N) is 1. The predicted octanol–water partition coefficient (Wildman–Crippen LogP) is 1.84. The van der Waals surface area contributed by atoms with E-state index in [1.807, 2.05) is 6.07 Å². The zero-order valence-corrected chi connectivity index (χ0v) is 14.0. The van der Waals surface area contributed by atoms with E-state index in [0.717, 1.165) is 11.6 Å². The summed E-state index contributed by atoms with van der Waals surface area (Å²) in [5.41, 5.74) is 0.736. The Morgan fingerprint density at radius 3 is 2.64 bits per heavy atom. The lowest BCUT2D eigenvalue weighted by Gasteiger charge is -2.09. The number of anilines is 1. The minimum Gasteiger partial charge on any atom is -0.454 e. The van der Waals surface area contributed by atoms with Gasteiger partial charge < -0.3 is 14.8 Å². The van der Waals surface area contributed by atoms with Gasteiger partial charge in [-0.2, -0.15) is 0 Å². The van der Waals surface area contributed by atoms with Crippen molar-refractivity contribution < 1.29 is 22.8 Å². The maximum absolute atomic E-state index is 11.8. The summed E-state index contributed by atoms with van der Waals surface area (Å²) >= 11 is 0. The average molecular weight is 365 g/mol. The van der Waals surface area contributed by atoms with Crippen molar-refractivity contribution in [1.29, 1.82) is 0 Å². The van der Waals surface area contributed by atoms with Gasteiger partial charge in [0, 0.05) is 12.6 Å². The van der Waals surface area contributed by atoms with Gasteiger partial charge in [0.2, 0.25) is 16.8 Å². The van der Waals surface area contributed by atoms with Gasteiger partial charge in [0.1, 0.15) is 5.69 Å². The summed E-state index contributed by atoms with van der Waals surface area (Å²) in [4.78, 5) is 10.5. The highest BCUT2D eigenvalue weighted by Crippen LogP contribution is 2.33. The molecule has 0 unspecified atom stereocenters. The van der Waals surface area contributed by atoms with Crippen LogP contribution in [0.5, 0.6) is 11.5 Å². The topological polar surface area (TPSA) is 120 Å². The highest BCUT2D eigenvalue weighted by Gasteiger charge is 2.20. The Morgan fingerprint density at radius 2 is 1.92 bits per heavy atom. The second-order valence-corrected chi connectivity index (χ2v) is 7.07. The molecule has 0 amide bonds. The molecular formula is C15H15N3O6S. The number of benzene rings is 2. The van der Waals surface area contributed by atoms with Crippen molar-refractivity contribution in [3.05, 3.63) is 52.1 Å². The van der Waals surface area contributed by atoms with Crippen LogP contribution in [-0.4, -0.2) is 27.2 Å². The van der Waals surface area contributed by atoms with E-state index in [0.29, 0.717) is 18.0 Å². The maximum Gasteiger partial charge on any atom is 0.293 e. The number of fused-ring (bicyclic) bond motifs is 1. The molecule has 0 saturated carbocycles. The molecule has 1 aliphatic heterocycles. The quantitative estimate of drug-likeness (QED) is 0.592. The summed E-state index contributed by atoms with van der Waals surface area (Å²) in [5, 5.41) is 14.2. The number of ether oxygens (including phenoxy) is 2. The third-order valence-electron chi connectivity index (χ3n) is 3.66. The predicted molar refractivity (Wildman–Crippen MR) is 89.2 cm³/mol. The third-order valence-corrected chi connectivity index (χ3v) is 5.08. The van der Waals surface area contributed by atoms with Gasteiger partial charge in [-0.15, -0.1) is 0 Å². The smallest absolute Gasteiger partial charge is 0.293 e. The fraction of sp³-hybridized carbons (Fsp3) is 0.200. The first-order valence-electron chi connectivity index (χ1n) is 7.25. The van der Waals surface area contributed by atoms with Crippen molar-refractivity contribution in [3.8, 4) is 11.5 Å². The summed E-state index contributed by atoms with van der Waals surface area (Å²) in [7, 11) is -2.51. The normalized spacial score (nSPS) is 12.8. The van der Waals surface area contributed by atoms with Crippen LogP contribution in [0.3, 0.4) is 0 Å². The number of hydrogen-bond donors (Lipinski definition) is 2. The fourth-order valence-electron chi connectivity index (χ4n) is 2.35. The molecular weight excluding hydrogens is 350 g/mol. The van der Waals surface area contributed by atoms with Gasteiger partial charge in [0.15, 0.2) is 11.5 Å². The monoisotopic (exact) mass is 365 g/mol. The van der Waals surface area contributed by atoms with Crippen LogP contribution in [-0.2, 0) is 16.6 Å². The van der Waals surface area contributed by atoms with Crippen LogP contribution in [0.2, 0.25) is 0 Å². The number of nitrogens with one attached hydrogen (secondary N) is 2. The SMILES string of the molecule is CNS(=O)(=O)c1ccc(NCc2ccc3c(c2)OCO3)c([N+](=O)[O-])c1. The summed E-state index contributed by atoms with van der Waals surface area (Å²) in [6.45, 7) is 0.467. The van der Waals surface area contributed by atoms with Crippen LogP contribution in [0.1, 0.15) is 5.56 Å². The number of rotatable bonds is 6. The lowest BCUT2D eigenvalue weighted by molar-refractivity contribution is -0.384. The van der Waals surface area contributed by atoms with Gasteiger partial charge in [-0.25, -0.2) is 13.1 Å². The second-order valence-electron chi connectivity index (χ2n) is 5.18. The first-order chi connectivity index (χ1) is 11.9. The van der Waals surface area contributed by atoms with Crippen LogP contribution in [0.15, 0.2) is 41.3 Å². The highest BCUT2D eigenvalue weighted by atomic mass is 32.2. The first kappa shape index (κ1) is 17.0. The van der Waals surface area contributed by atoms with Crippen LogP contribution in [0.4, 0.5) is 11.4 Å². The van der Waals surface area contributed by atoms with Crippen molar-refractivity contribution in [3.63, 3.8) is 0 Å². The van der Waals surface area contributed by atoms with Crippen molar-refractivity contribution >= 4 is 21.4 Å². The first-order valence-corrected chi connectivity index (χ1v) is 8.73. The molecule has 2 aromatic carbocycles. The molecule has 2 N–H and O–H groups in total. The summed E-state index contributed by atoms with van der Waals surface area (Å²) in [5.74, 6) is 1.26. The molecule has 9 nitrogen and oxygen atoms in total. The van der Waals surface area contributed by atoms with E-state index < -0.39 is 14.9 Å². The molecule has 0 aliphatic carbocycles. The molecule has 0 bridgehead atoms. The van der Waals surface area contributed by atoms with E-state index >= 15 is 0 Å². The van der Waals surface area contributed by atoms with Crippen LogP contribution < -0.4 is 19.5 Å². The van der Waals surface area contributed by atoms with E-state index in [4.69, 9.17) is 9.47 Å². The Balaban J connectivity index is 1.83. The Bertz CT molecular complexity index is 929. The lowest BCUT2D eigenvalue weighted by Crippen LogP contribution is -2.18. The largest absolute Gasteiger partial charge is 0.454 e. The summed E-state index contributed by atoms with van der Waals surface area (Å²) in [6.07, 6.45) is 0. The summed E-state index contributed by atoms with van der Waals surface area (Å²) < 4.78 is 36.2. The second kappa shape index (κ2) is 6.57. The fourth-order valence-corrected chi connectivity index (χ4v) is 3.09.